The lowest BCUT2D eigenvalue weighted by atomic mass is 10.1. The number of rotatable bonds is 3. The summed E-state index contributed by atoms with van der Waals surface area (Å²) in [5.74, 6) is 0. The summed E-state index contributed by atoms with van der Waals surface area (Å²) in [4.78, 5) is 29.3. The number of piperazine rings is 1. The Morgan fingerprint density at radius 3 is 2.58 bits per heavy atom. The summed E-state index contributed by atoms with van der Waals surface area (Å²) in [6, 6.07) is 9.88. The summed E-state index contributed by atoms with van der Waals surface area (Å²) >= 11 is 0. The van der Waals surface area contributed by atoms with Gasteiger partial charge in [-0.15, -0.1) is 0 Å². The molecule has 1 aromatic carbocycles. The van der Waals surface area contributed by atoms with Gasteiger partial charge in [-0.2, -0.15) is 14.9 Å². The van der Waals surface area contributed by atoms with E-state index in [1.165, 1.54) is 16.4 Å². The number of fused-ring (bicyclic) bond motifs is 2. The van der Waals surface area contributed by atoms with Gasteiger partial charge in [-0.3, -0.25) is 9.89 Å². The van der Waals surface area contributed by atoms with Crippen molar-refractivity contribution < 1.29 is 0 Å². The quantitative estimate of drug-likeness (QED) is 0.441. The molecule has 0 unspecified atom stereocenters. The number of hydrogen-bond acceptors (Lipinski definition) is 7. The average molecular weight is 441 g/mol. The molecule has 0 saturated carbocycles. The minimum Gasteiger partial charge on any atom is -0.369 e. The highest BCUT2D eigenvalue weighted by atomic mass is 16.1. The number of H-pyrrole nitrogens is 2. The van der Waals surface area contributed by atoms with Crippen molar-refractivity contribution in [1.82, 2.24) is 39.8 Å². The lowest BCUT2D eigenvalue weighted by Gasteiger charge is -2.34. The molecule has 4 aromatic heterocycles. The number of likely N-dealkylation sites (N-methyl/N-ethyl adjacent to an activating group) is 1. The molecule has 1 aliphatic heterocycles. The zero-order valence-corrected chi connectivity index (χ0v) is 18.4. The van der Waals surface area contributed by atoms with E-state index in [0.29, 0.717) is 33.6 Å². The van der Waals surface area contributed by atoms with E-state index >= 15 is 0 Å². The Balaban J connectivity index is 1.40. The Hall–Kier alpha value is -4.05. The van der Waals surface area contributed by atoms with Gasteiger partial charge in [0, 0.05) is 49.1 Å². The first-order valence-electron chi connectivity index (χ1n) is 10.9. The van der Waals surface area contributed by atoms with Gasteiger partial charge in [0.25, 0.3) is 5.56 Å². The number of benzene rings is 1. The molecule has 1 aliphatic rings. The summed E-state index contributed by atoms with van der Waals surface area (Å²) < 4.78 is 1.37. The maximum Gasteiger partial charge on any atom is 0.273 e. The first-order chi connectivity index (χ1) is 16.1. The van der Waals surface area contributed by atoms with Crippen molar-refractivity contribution in [3.05, 3.63) is 58.8 Å². The first-order valence-corrected chi connectivity index (χ1v) is 10.9. The maximum atomic E-state index is 12.8. The summed E-state index contributed by atoms with van der Waals surface area (Å²) in [5.41, 5.74) is 6.63. The summed E-state index contributed by atoms with van der Waals surface area (Å²) in [6.45, 7) is 6.06. The predicted octanol–water partition coefficient (Wildman–Crippen LogP) is 2.11. The van der Waals surface area contributed by atoms with Gasteiger partial charge in [0.1, 0.15) is 16.7 Å². The molecule has 33 heavy (non-hydrogen) atoms. The smallest absolute Gasteiger partial charge is 0.273 e. The van der Waals surface area contributed by atoms with Crippen LogP contribution in [0.4, 0.5) is 5.69 Å². The third-order valence-corrected chi connectivity index (χ3v) is 6.36. The van der Waals surface area contributed by atoms with E-state index in [1.807, 2.05) is 6.92 Å². The molecule has 0 amide bonds. The van der Waals surface area contributed by atoms with Crippen LogP contribution in [-0.4, -0.2) is 73.1 Å². The predicted molar refractivity (Wildman–Crippen MR) is 127 cm³/mol. The lowest BCUT2D eigenvalue weighted by molar-refractivity contribution is 0.313. The van der Waals surface area contributed by atoms with Gasteiger partial charge in [-0.05, 0) is 26.1 Å². The van der Waals surface area contributed by atoms with E-state index < -0.39 is 0 Å². The fourth-order valence-corrected chi connectivity index (χ4v) is 4.37. The molecular formula is C23H23N9O. The highest BCUT2D eigenvalue weighted by molar-refractivity contribution is 5.89. The molecule has 6 rings (SSSR count). The number of anilines is 1. The second-order valence-corrected chi connectivity index (χ2v) is 8.43. The van der Waals surface area contributed by atoms with Gasteiger partial charge in [0.15, 0.2) is 5.65 Å². The minimum atomic E-state index is -0.261. The Morgan fingerprint density at radius 1 is 1.00 bits per heavy atom. The second-order valence-electron chi connectivity index (χ2n) is 8.43. The van der Waals surface area contributed by atoms with Crippen LogP contribution in [0.5, 0.6) is 0 Å². The monoisotopic (exact) mass is 441 g/mol. The Morgan fingerprint density at radius 2 is 1.79 bits per heavy atom. The fraction of sp³-hybridized carbons (Fsp3) is 0.261. The maximum absolute atomic E-state index is 12.8. The summed E-state index contributed by atoms with van der Waals surface area (Å²) in [6.07, 6.45) is 3.23. The lowest BCUT2D eigenvalue weighted by Crippen LogP contribution is -2.44. The molecular weight excluding hydrogens is 418 g/mol. The van der Waals surface area contributed by atoms with Crippen LogP contribution in [-0.2, 0) is 0 Å². The summed E-state index contributed by atoms with van der Waals surface area (Å²) in [7, 11) is 2.15. The van der Waals surface area contributed by atoms with Crippen LogP contribution in [0.25, 0.3) is 39.1 Å². The third kappa shape index (κ3) is 3.26. The molecule has 0 spiro atoms. The van der Waals surface area contributed by atoms with Crippen LogP contribution < -0.4 is 10.5 Å². The molecule has 1 fully saturated rings. The first kappa shape index (κ1) is 19.6. The normalized spacial score (nSPS) is 15.0. The highest BCUT2D eigenvalue weighted by Crippen LogP contribution is 2.27. The van der Waals surface area contributed by atoms with Gasteiger partial charge in [0.2, 0.25) is 0 Å². The Bertz CT molecular complexity index is 1520. The van der Waals surface area contributed by atoms with Crippen LogP contribution >= 0.6 is 0 Å². The van der Waals surface area contributed by atoms with E-state index in [2.05, 4.69) is 71.4 Å². The largest absolute Gasteiger partial charge is 0.369 e. The van der Waals surface area contributed by atoms with Crippen molar-refractivity contribution >= 4 is 27.9 Å². The van der Waals surface area contributed by atoms with Crippen molar-refractivity contribution in [3.63, 3.8) is 0 Å². The van der Waals surface area contributed by atoms with E-state index in [4.69, 9.17) is 0 Å². The number of pyridine rings is 1. The topological polar surface area (TPSA) is 112 Å². The van der Waals surface area contributed by atoms with Crippen molar-refractivity contribution in [2.45, 2.75) is 6.92 Å². The summed E-state index contributed by atoms with van der Waals surface area (Å²) in [5, 5.41) is 12.1. The standard InChI is InChI=1S/C23H23N9O/c1-14-18(12-24-23-20(14)25-13-26-23)32-19(33)11-17-22(29-32)21(28-27-17)15-3-5-16(6-4-15)31-9-7-30(2)8-10-31/h3-6,11-13,27H,7-10H2,1-2H3,(H,24,25,26). The highest BCUT2D eigenvalue weighted by Gasteiger charge is 2.18. The Kier molecular flexibility index (Phi) is 4.47. The van der Waals surface area contributed by atoms with Crippen molar-refractivity contribution in [2.75, 3.05) is 38.1 Å². The van der Waals surface area contributed by atoms with E-state index in [-0.39, 0.29) is 5.56 Å². The van der Waals surface area contributed by atoms with Gasteiger partial charge < -0.3 is 14.8 Å². The van der Waals surface area contributed by atoms with Crippen LogP contribution in [0, 0.1) is 6.92 Å². The number of aryl methyl sites for hydroxylation is 1. The van der Waals surface area contributed by atoms with Crippen molar-refractivity contribution in [3.8, 4) is 16.9 Å². The molecule has 5 heterocycles. The zero-order chi connectivity index (χ0) is 22.5. The Labute approximate surface area is 188 Å². The van der Waals surface area contributed by atoms with Crippen molar-refractivity contribution in [1.29, 1.82) is 0 Å². The average Bonchev–Trinajstić information content (AvgIpc) is 3.47. The van der Waals surface area contributed by atoms with Gasteiger partial charge in [-0.1, -0.05) is 12.1 Å². The van der Waals surface area contributed by atoms with Gasteiger partial charge >= 0.3 is 0 Å². The number of hydrogen-bond donors (Lipinski definition) is 2. The number of imidazole rings is 1. The number of nitrogens with one attached hydrogen (secondary N) is 2. The van der Waals surface area contributed by atoms with Crippen LogP contribution in [0.2, 0.25) is 0 Å². The van der Waals surface area contributed by atoms with Crippen LogP contribution in [0.3, 0.4) is 0 Å². The van der Waals surface area contributed by atoms with E-state index in [1.54, 1.807) is 12.5 Å². The molecule has 10 heteroatoms. The van der Waals surface area contributed by atoms with Crippen LogP contribution in [0.1, 0.15) is 5.56 Å². The molecule has 166 valence electrons. The number of aromatic amines is 2. The second kappa shape index (κ2) is 7.52. The van der Waals surface area contributed by atoms with Gasteiger partial charge in [0.05, 0.1) is 23.7 Å². The SMILES string of the molecule is Cc1c(-n2nc3c(-c4ccc(N5CCN(C)CC5)cc4)n[nH]c3cc2=O)cnc2[nH]cnc12. The van der Waals surface area contributed by atoms with E-state index in [0.717, 1.165) is 37.3 Å². The number of aromatic nitrogens is 7. The molecule has 5 aromatic rings. The van der Waals surface area contributed by atoms with Gasteiger partial charge in [-0.25, -0.2) is 9.97 Å². The molecule has 0 radical (unpaired) electrons. The molecule has 10 nitrogen and oxygen atoms in total. The molecule has 2 N–H and O–H groups in total. The zero-order valence-electron chi connectivity index (χ0n) is 18.4. The van der Waals surface area contributed by atoms with E-state index in [9.17, 15) is 4.79 Å². The molecule has 0 aliphatic carbocycles. The molecule has 0 atom stereocenters. The van der Waals surface area contributed by atoms with Crippen LogP contribution in [0.15, 0.2) is 47.7 Å². The van der Waals surface area contributed by atoms with Crippen molar-refractivity contribution in [2.24, 2.45) is 0 Å². The minimum absolute atomic E-state index is 0.261. The fourth-order valence-electron chi connectivity index (χ4n) is 4.37. The molecule has 1 saturated heterocycles. The third-order valence-electron chi connectivity index (χ3n) is 6.36. The number of nitrogens with zero attached hydrogens (tertiary/aromatic N) is 7. The molecule has 0 bridgehead atoms.